The number of hydrogen-bond donors (Lipinski definition) is 0. The molecule has 0 saturated carbocycles. The minimum atomic E-state index is -2.23. The van der Waals surface area contributed by atoms with Crippen molar-refractivity contribution in [2.45, 2.75) is 22.4 Å². The smallest absolute Gasteiger partial charge is 0.400 e. The molecule has 12 aromatic carbocycles. The second kappa shape index (κ2) is 20.9. The van der Waals surface area contributed by atoms with Gasteiger partial charge in [0, 0.05) is 11.1 Å². The highest BCUT2D eigenvalue weighted by Crippen LogP contribution is 2.73. The Balaban J connectivity index is 0.974. The molecule has 0 atom stereocenters. The summed E-state index contributed by atoms with van der Waals surface area (Å²) in [5.41, 5.74) is 3.94. The zero-order chi connectivity index (χ0) is 53.4. The van der Waals surface area contributed by atoms with Crippen LogP contribution in [0.25, 0.3) is 32.7 Å². The maximum atomic E-state index is 7.74. The van der Waals surface area contributed by atoms with Crippen LogP contribution in [0.15, 0.2) is 315 Å². The highest BCUT2D eigenvalue weighted by molar-refractivity contribution is 7.42. The first kappa shape index (κ1) is 49.7. The Labute approximate surface area is 468 Å². The lowest BCUT2D eigenvalue weighted by atomic mass is 9.66. The topological polar surface area (TPSA) is 55.4 Å². The fourth-order valence-corrected chi connectivity index (χ4v) is 15.3. The maximum absolute atomic E-state index is 7.74. The first-order valence-electron chi connectivity index (χ1n) is 26.8. The SMILES string of the molecule is c1ccc(C2(c3ccccc3)OP(Oc3ccc4ccccc4c3-c3c(OP4OC(c5ccccc5)(c5ccccc5)C(c5ccccc5)(c5ccccc5)O4)ccc4ccccc34)OC2(c2ccccc2)c2ccccc2)cc1. The van der Waals surface area contributed by atoms with Crippen molar-refractivity contribution in [1.29, 1.82) is 0 Å². The lowest BCUT2D eigenvalue weighted by molar-refractivity contribution is 0.00370. The minimum Gasteiger partial charge on any atom is -0.426 e. The molecule has 12 aromatic rings. The Bertz CT molecular complexity index is 3480. The van der Waals surface area contributed by atoms with Gasteiger partial charge in [-0.15, -0.1) is 0 Å². The van der Waals surface area contributed by atoms with Crippen molar-refractivity contribution in [3.8, 4) is 22.6 Å². The molecule has 0 unspecified atom stereocenters. The summed E-state index contributed by atoms with van der Waals surface area (Å²) in [5.74, 6) is 1.10. The summed E-state index contributed by atoms with van der Waals surface area (Å²) < 4.78 is 46.1. The van der Waals surface area contributed by atoms with Crippen molar-refractivity contribution in [2.75, 3.05) is 0 Å². The van der Waals surface area contributed by atoms with Gasteiger partial charge in [0.1, 0.15) is 11.5 Å². The van der Waals surface area contributed by atoms with E-state index in [1.807, 2.05) is 60.7 Å². The highest BCUT2D eigenvalue weighted by Gasteiger charge is 2.68. The van der Waals surface area contributed by atoms with Gasteiger partial charge in [0.05, 0.1) is 0 Å². The van der Waals surface area contributed by atoms with Crippen molar-refractivity contribution in [3.05, 3.63) is 360 Å². The normalized spacial score (nSPS) is 16.4. The Morgan fingerprint density at radius 2 is 0.412 bits per heavy atom. The van der Waals surface area contributed by atoms with Gasteiger partial charge >= 0.3 is 17.2 Å². The molecule has 0 aliphatic carbocycles. The third kappa shape index (κ3) is 8.02. The standard InChI is InChI=1S/C72H52O6P2/c1-9-31-55(32-10-1)69(56-33-11-2-12-34-56)70(57-35-13-3-14-36-57,58-37-15-4-16-38-58)76-79(75-69)73-65-51-49-53-29-25-27-47-63(53)67(65)68-64-48-28-26-30-54(64)50-52-66(68)74-80-77-71(59-39-17-5-18-40-59,60-41-19-6-20-42-60)72(78-80,61-43-21-7-22-44-61)62-45-23-8-24-46-62/h1-52H. The number of rotatable bonds is 13. The third-order valence-corrected chi connectivity index (χ3v) is 18.0. The van der Waals surface area contributed by atoms with Crippen molar-refractivity contribution < 1.29 is 27.1 Å². The monoisotopic (exact) mass is 1070 g/mol. The molecule has 2 saturated heterocycles. The molecule has 2 aliphatic heterocycles. The molecule has 8 heteroatoms. The van der Waals surface area contributed by atoms with E-state index in [9.17, 15) is 0 Å². The van der Waals surface area contributed by atoms with Crippen molar-refractivity contribution in [3.63, 3.8) is 0 Å². The predicted octanol–water partition coefficient (Wildman–Crippen LogP) is 18.7. The molecule has 0 radical (unpaired) electrons. The molecular formula is C72H52O6P2. The van der Waals surface area contributed by atoms with Crippen LogP contribution in [-0.4, -0.2) is 0 Å². The van der Waals surface area contributed by atoms with Gasteiger partial charge in [-0.05, 0) is 78.2 Å². The van der Waals surface area contributed by atoms with Crippen LogP contribution in [-0.2, 0) is 40.5 Å². The van der Waals surface area contributed by atoms with Crippen LogP contribution in [0.4, 0.5) is 0 Å². The molecule has 14 rings (SSSR count). The van der Waals surface area contributed by atoms with E-state index in [1.54, 1.807) is 0 Å². The molecule has 0 bridgehead atoms. The van der Waals surface area contributed by atoms with Gasteiger partial charge in [0.25, 0.3) is 0 Å². The summed E-state index contributed by atoms with van der Waals surface area (Å²) in [6, 6.07) is 108. The fourth-order valence-electron chi connectivity index (χ4n) is 12.2. The molecule has 2 fully saturated rings. The van der Waals surface area contributed by atoms with Gasteiger partial charge in [-0.25, -0.2) is 0 Å². The average molecular weight is 1080 g/mol. The van der Waals surface area contributed by atoms with Gasteiger partial charge in [-0.1, -0.05) is 303 Å². The van der Waals surface area contributed by atoms with Gasteiger partial charge in [0.2, 0.25) is 0 Å². The Morgan fingerprint density at radius 1 is 0.212 bits per heavy atom. The molecule has 0 amide bonds. The molecule has 80 heavy (non-hydrogen) atoms. The summed E-state index contributed by atoms with van der Waals surface area (Å²) in [7, 11) is -4.47. The van der Waals surface area contributed by atoms with Crippen LogP contribution in [0.2, 0.25) is 0 Å². The summed E-state index contributed by atoms with van der Waals surface area (Å²) in [6.45, 7) is 0. The zero-order valence-corrected chi connectivity index (χ0v) is 45.2. The lowest BCUT2D eigenvalue weighted by Crippen LogP contribution is -2.48. The molecular weight excluding hydrogens is 1020 g/mol. The first-order valence-corrected chi connectivity index (χ1v) is 29.0. The molecule has 2 heterocycles. The van der Waals surface area contributed by atoms with Crippen LogP contribution in [0, 0.1) is 0 Å². The van der Waals surface area contributed by atoms with Crippen LogP contribution in [0.1, 0.15) is 44.5 Å². The van der Waals surface area contributed by atoms with Gasteiger partial charge in [0.15, 0.2) is 22.4 Å². The first-order chi connectivity index (χ1) is 39.6. The van der Waals surface area contributed by atoms with E-state index in [2.05, 4.69) is 255 Å². The van der Waals surface area contributed by atoms with E-state index in [-0.39, 0.29) is 0 Å². The quantitative estimate of drug-likeness (QED) is 0.107. The van der Waals surface area contributed by atoms with Crippen LogP contribution < -0.4 is 9.05 Å². The maximum Gasteiger partial charge on any atom is 0.400 e. The fraction of sp³-hybridized carbons (Fsp3) is 0.0556. The van der Waals surface area contributed by atoms with E-state index in [1.165, 1.54) is 0 Å². The third-order valence-electron chi connectivity index (χ3n) is 15.7. The van der Waals surface area contributed by atoms with E-state index in [4.69, 9.17) is 27.1 Å². The van der Waals surface area contributed by atoms with Crippen molar-refractivity contribution in [2.24, 2.45) is 0 Å². The van der Waals surface area contributed by atoms with Gasteiger partial charge < -0.3 is 9.05 Å². The summed E-state index contributed by atoms with van der Waals surface area (Å²) in [4.78, 5) is 0. The predicted molar refractivity (Wildman–Crippen MR) is 321 cm³/mol. The van der Waals surface area contributed by atoms with Gasteiger partial charge in [-0.2, -0.15) is 0 Å². The molecule has 2 aliphatic rings. The van der Waals surface area contributed by atoms with Crippen molar-refractivity contribution in [1.82, 2.24) is 0 Å². The molecule has 0 aromatic heterocycles. The Hall–Kier alpha value is -8.54. The van der Waals surface area contributed by atoms with Crippen molar-refractivity contribution >= 4 is 38.7 Å². The lowest BCUT2D eigenvalue weighted by Gasteiger charge is -2.43. The number of hydrogen-bond acceptors (Lipinski definition) is 6. The second-order valence-electron chi connectivity index (χ2n) is 20.0. The molecule has 0 spiro atoms. The number of fused-ring (bicyclic) bond motifs is 2. The molecule has 6 nitrogen and oxygen atoms in total. The second-order valence-corrected chi connectivity index (χ2v) is 22.0. The van der Waals surface area contributed by atoms with Crippen LogP contribution in [0.3, 0.4) is 0 Å². The van der Waals surface area contributed by atoms with E-state index in [0.29, 0.717) is 11.5 Å². The van der Waals surface area contributed by atoms with E-state index < -0.39 is 39.6 Å². The summed E-state index contributed by atoms with van der Waals surface area (Å²) in [5, 5.41) is 3.92. The average Bonchev–Trinajstić information content (AvgIpc) is 4.26. The molecule has 0 N–H and O–H groups in total. The zero-order valence-electron chi connectivity index (χ0n) is 43.4. The summed E-state index contributed by atoms with van der Waals surface area (Å²) in [6.07, 6.45) is 0. The van der Waals surface area contributed by atoms with E-state index in [0.717, 1.165) is 77.2 Å². The minimum absolute atomic E-state index is 0.551. The number of benzene rings is 12. The Morgan fingerprint density at radius 3 is 0.637 bits per heavy atom. The van der Waals surface area contributed by atoms with Gasteiger partial charge in [-0.3, -0.25) is 18.1 Å². The largest absolute Gasteiger partial charge is 0.426 e. The van der Waals surface area contributed by atoms with Crippen LogP contribution in [0.5, 0.6) is 11.5 Å². The Kier molecular flexibility index (Phi) is 13.0. The van der Waals surface area contributed by atoms with Crippen LogP contribution >= 0.6 is 17.2 Å². The van der Waals surface area contributed by atoms with E-state index >= 15 is 0 Å². The molecule has 386 valence electrons. The summed E-state index contributed by atoms with van der Waals surface area (Å²) >= 11 is 0. The highest BCUT2D eigenvalue weighted by atomic mass is 31.2.